The fourth-order valence-corrected chi connectivity index (χ4v) is 2.64. The highest BCUT2D eigenvalue weighted by Crippen LogP contribution is 2.34. The molecule has 130 valence electrons. The lowest BCUT2D eigenvalue weighted by Crippen LogP contribution is -2.49. The molecule has 0 saturated carbocycles. The third-order valence-electron chi connectivity index (χ3n) is 3.91. The van der Waals surface area contributed by atoms with Crippen molar-refractivity contribution in [1.82, 2.24) is 0 Å². The monoisotopic (exact) mass is 340 g/mol. The number of carbonyl (C=O) groups is 2. The van der Waals surface area contributed by atoms with Crippen LogP contribution in [-0.2, 0) is 4.79 Å². The molecule has 0 aliphatic carbocycles. The van der Waals surface area contributed by atoms with Crippen molar-refractivity contribution in [3.63, 3.8) is 0 Å². The maximum absolute atomic E-state index is 12.9. The molecule has 6 heteroatoms. The summed E-state index contributed by atoms with van der Waals surface area (Å²) >= 11 is 0. The van der Waals surface area contributed by atoms with Gasteiger partial charge in [0.05, 0.1) is 18.8 Å². The Morgan fingerprint density at radius 1 is 1.20 bits per heavy atom. The minimum atomic E-state index is -0.869. The van der Waals surface area contributed by atoms with Crippen LogP contribution in [-0.4, -0.2) is 31.1 Å². The van der Waals surface area contributed by atoms with Crippen LogP contribution in [0, 0.1) is 0 Å². The fraction of sp³-hybridized carbons (Fsp3) is 0.263. The van der Waals surface area contributed by atoms with Gasteiger partial charge in [-0.25, -0.2) is 0 Å². The van der Waals surface area contributed by atoms with E-state index in [9.17, 15) is 9.59 Å². The first-order valence-corrected chi connectivity index (χ1v) is 8.20. The van der Waals surface area contributed by atoms with Gasteiger partial charge >= 0.3 is 0 Å². The number of amides is 2. The van der Waals surface area contributed by atoms with E-state index in [0.29, 0.717) is 23.6 Å². The van der Waals surface area contributed by atoms with Crippen LogP contribution < -0.4 is 20.1 Å². The van der Waals surface area contributed by atoms with E-state index < -0.39 is 12.0 Å². The lowest BCUT2D eigenvalue weighted by molar-refractivity contribution is -0.124. The number of benzene rings is 2. The highest BCUT2D eigenvalue weighted by atomic mass is 16.5. The van der Waals surface area contributed by atoms with Gasteiger partial charge in [0.2, 0.25) is 0 Å². The topological polar surface area (TPSA) is 81.9 Å². The summed E-state index contributed by atoms with van der Waals surface area (Å²) in [5.74, 6) is 0.365. The van der Waals surface area contributed by atoms with Crippen molar-refractivity contribution >= 4 is 17.5 Å². The molecule has 1 aliphatic heterocycles. The van der Waals surface area contributed by atoms with E-state index in [1.54, 1.807) is 42.5 Å². The Kier molecular flexibility index (Phi) is 4.88. The highest BCUT2D eigenvalue weighted by molar-refractivity contribution is 6.07. The van der Waals surface area contributed by atoms with Crippen LogP contribution in [0.25, 0.3) is 0 Å². The van der Waals surface area contributed by atoms with Gasteiger partial charge in [-0.1, -0.05) is 19.1 Å². The second kappa shape index (κ2) is 7.25. The Labute approximate surface area is 146 Å². The zero-order valence-electron chi connectivity index (χ0n) is 14.0. The van der Waals surface area contributed by atoms with Crippen LogP contribution in [0.1, 0.15) is 23.7 Å². The number of rotatable bonds is 5. The summed E-state index contributed by atoms with van der Waals surface area (Å²) in [7, 11) is 0. The number of primary amides is 1. The van der Waals surface area contributed by atoms with Crippen molar-refractivity contribution < 1.29 is 19.1 Å². The van der Waals surface area contributed by atoms with Gasteiger partial charge in [-0.3, -0.25) is 9.59 Å². The molecule has 0 spiro atoms. The van der Waals surface area contributed by atoms with Crippen molar-refractivity contribution in [3.05, 3.63) is 54.1 Å². The standard InChI is InChI=1S/C19H20N2O4/c1-2-11-24-14-9-7-13(8-10-14)19(23)21-12-17(18(20)22)25-16-6-4-3-5-15(16)21/h3-10,17H,2,11-12H2,1H3,(H2,20,22)/t17-/m1/s1. The summed E-state index contributed by atoms with van der Waals surface area (Å²) < 4.78 is 11.1. The van der Waals surface area contributed by atoms with Crippen LogP contribution in [0.4, 0.5) is 5.69 Å². The van der Waals surface area contributed by atoms with Crippen LogP contribution in [0.15, 0.2) is 48.5 Å². The Balaban J connectivity index is 1.86. The molecule has 3 rings (SSSR count). The van der Waals surface area contributed by atoms with Gasteiger partial charge in [0.1, 0.15) is 11.5 Å². The van der Waals surface area contributed by atoms with Gasteiger partial charge in [0, 0.05) is 5.56 Å². The van der Waals surface area contributed by atoms with E-state index in [0.717, 1.165) is 12.2 Å². The van der Waals surface area contributed by atoms with Crippen LogP contribution in [0.5, 0.6) is 11.5 Å². The molecule has 0 saturated heterocycles. The first kappa shape index (κ1) is 16.8. The number of hydrogen-bond acceptors (Lipinski definition) is 4. The van der Waals surface area contributed by atoms with Gasteiger partial charge in [-0.15, -0.1) is 0 Å². The molecule has 2 aromatic rings. The molecule has 1 atom stereocenters. The number of hydrogen-bond donors (Lipinski definition) is 1. The molecule has 0 fully saturated rings. The van der Waals surface area contributed by atoms with Crippen LogP contribution in [0.3, 0.4) is 0 Å². The molecule has 0 aromatic heterocycles. The van der Waals surface area contributed by atoms with Gasteiger partial charge < -0.3 is 20.1 Å². The maximum Gasteiger partial charge on any atom is 0.260 e. The van der Waals surface area contributed by atoms with Crippen LogP contribution >= 0.6 is 0 Å². The smallest absolute Gasteiger partial charge is 0.260 e. The zero-order chi connectivity index (χ0) is 17.8. The summed E-state index contributed by atoms with van der Waals surface area (Å²) in [5.41, 5.74) is 6.50. The Bertz CT molecular complexity index is 773. The number of anilines is 1. The third-order valence-corrected chi connectivity index (χ3v) is 3.91. The Morgan fingerprint density at radius 2 is 1.92 bits per heavy atom. The number of nitrogens with two attached hydrogens (primary N) is 1. The SMILES string of the molecule is CCCOc1ccc(C(=O)N2C[C@H](C(N)=O)Oc3ccccc32)cc1. The van der Waals surface area contributed by atoms with Crippen LogP contribution in [0.2, 0.25) is 0 Å². The third kappa shape index (κ3) is 3.57. The molecule has 0 unspecified atom stereocenters. The Hall–Kier alpha value is -3.02. The zero-order valence-corrected chi connectivity index (χ0v) is 14.0. The van der Waals surface area contributed by atoms with Gasteiger partial charge in [0.25, 0.3) is 11.8 Å². The van der Waals surface area contributed by atoms with E-state index >= 15 is 0 Å². The summed E-state index contributed by atoms with van der Waals surface area (Å²) in [5, 5.41) is 0. The largest absolute Gasteiger partial charge is 0.494 e. The molecule has 1 heterocycles. The first-order chi connectivity index (χ1) is 12.1. The molecule has 2 aromatic carbocycles. The molecular formula is C19H20N2O4. The minimum Gasteiger partial charge on any atom is -0.494 e. The average molecular weight is 340 g/mol. The van der Waals surface area contributed by atoms with Crippen molar-refractivity contribution in [2.24, 2.45) is 5.73 Å². The maximum atomic E-state index is 12.9. The second-order valence-electron chi connectivity index (χ2n) is 5.77. The van der Waals surface area contributed by atoms with Crippen molar-refractivity contribution in [1.29, 1.82) is 0 Å². The number of nitrogens with zero attached hydrogens (tertiary/aromatic N) is 1. The molecule has 6 nitrogen and oxygen atoms in total. The van der Waals surface area contributed by atoms with E-state index in [4.69, 9.17) is 15.2 Å². The molecule has 2 amide bonds. The predicted octanol–water partition coefficient (Wildman–Crippen LogP) is 2.37. The number of para-hydroxylation sites is 2. The van der Waals surface area contributed by atoms with Gasteiger partial charge in [-0.05, 0) is 42.8 Å². The minimum absolute atomic E-state index is 0.0826. The second-order valence-corrected chi connectivity index (χ2v) is 5.77. The molecular weight excluding hydrogens is 320 g/mol. The molecule has 25 heavy (non-hydrogen) atoms. The molecule has 2 N–H and O–H groups in total. The highest BCUT2D eigenvalue weighted by Gasteiger charge is 2.33. The van der Waals surface area contributed by atoms with E-state index in [2.05, 4.69) is 0 Å². The number of ether oxygens (including phenoxy) is 2. The van der Waals surface area contributed by atoms with E-state index in [-0.39, 0.29) is 12.5 Å². The van der Waals surface area contributed by atoms with Gasteiger partial charge in [0.15, 0.2) is 6.10 Å². The average Bonchev–Trinajstić information content (AvgIpc) is 2.65. The fourth-order valence-electron chi connectivity index (χ4n) is 2.64. The number of carbonyl (C=O) groups excluding carboxylic acids is 2. The van der Waals surface area contributed by atoms with E-state index in [1.165, 1.54) is 4.90 Å². The van der Waals surface area contributed by atoms with Crippen molar-refractivity contribution in [3.8, 4) is 11.5 Å². The first-order valence-electron chi connectivity index (χ1n) is 8.20. The normalized spacial score (nSPS) is 15.9. The number of fused-ring (bicyclic) bond motifs is 1. The quantitative estimate of drug-likeness (QED) is 0.906. The molecule has 1 aliphatic rings. The molecule has 0 bridgehead atoms. The lowest BCUT2D eigenvalue weighted by atomic mass is 10.1. The predicted molar refractivity (Wildman–Crippen MR) is 94.0 cm³/mol. The summed E-state index contributed by atoms with van der Waals surface area (Å²) in [6, 6.07) is 14.0. The summed E-state index contributed by atoms with van der Waals surface area (Å²) in [6.45, 7) is 2.74. The summed E-state index contributed by atoms with van der Waals surface area (Å²) in [6.07, 6.45) is 0.0470. The van der Waals surface area contributed by atoms with Crippen molar-refractivity contribution in [2.75, 3.05) is 18.1 Å². The lowest BCUT2D eigenvalue weighted by Gasteiger charge is -2.33. The molecule has 0 radical (unpaired) electrons. The Morgan fingerprint density at radius 3 is 2.60 bits per heavy atom. The van der Waals surface area contributed by atoms with Gasteiger partial charge in [-0.2, -0.15) is 0 Å². The summed E-state index contributed by atoms with van der Waals surface area (Å²) in [4.78, 5) is 26.0. The van der Waals surface area contributed by atoms with Crippen molar-refractivity contribution in [2.45, 2.75) is 19.4 Å². The van der Waals surface area contributed by atoms with E-state index in [1.807, 2.05) is 13.0 Å².